The van der Waals surface area contributed by atoms with Gasteiger partial charge in [0, 0.05) is 52.6 Å². The van der Waals surface area contributed by atoms with Gasteiger partial charge < -0.3 is 29.2 Å². The fourth-order valence-electron chi connectivity index (χ4n) is 8.91. The number of nitrogens with zero attached hydrogens (tertiary/aromatic N) is 4. The second kappa shape index (κ2) is 14.7. The zero-order chi connectivity index (χ0) is 38.3. The van der Waals surface area contributed by atoms with Crippen molar-refractivity contribution in [2.24, 2.45) is 5.92 Å². The van der Waals surface area contributed by atoms with Crippen LogP contribution in [0, 0.1) is 5.92 Å². The largest absolute Gasteiger partial charge is 0.395 e. The van der Waals surface area contributed by atoms with E-state index in [1.807, 2.05) is 122 Å². The molecule has 5 atom stereocenters. The summed E-state index contributed by atoms with van der Waals surface area (Å²) in [6.07, 6.45) is 3.81. The Labute approximate surface area is 320 Å². The third-order valence-electron chi connectivity index (χ3n) is 11.4. The number of aliphatic hydroxyl groups excluding tert-OH is 1. The molecule has 2 aliphatic rings. The van der Waals surface area contributed by atoms with E-state index in [-0.39, 0.29) is 37.3 Å². The minimum absolute atomic E-state index is 0.110. The van der Waals surface area contributed by atoms with E-state index in [4.69, 9.17) is 4.74 Å². The fourth-order valence-corrected chi connectivity index (χ4v) is 11.5. The number of aromatic amines is 1. The van der Waals surface area contributed by atoms with E-state index in [1.54, 1.807) is 22.7 Å². The van der Waals surface area contributed by atoms with E-state index in [0.717, 1.165) is 38.8 Å². The molecular formula is C43H45FN6O4Si. The molecule has 10 nitrogen and oxygen atoms in total. The standard InChI is InChI=1S/C43H45FN6O4Si/c1-28-41(55(2,3)44)39(20-21-49-26-37(47-48-49)34(27-51)30-13-5-4-6-14-30)54-43(28)35-17-8-10-19-38(35)50(42(43)53)25-29-12-11-15-32(22-29)46-40(52)23-31-24-45-36-18-9-7-16-33(31)36/h4-19,22,24,26,28,34,39,41,45,51H,20-21,23,25,27H2,1-3H3,(H,46,52)/t28-,34?,39+,41-,43+/m1/s1. The maximum atomic E-state index is 16.4. The molecule has 4 aromatic carbocycles. The zero-order valence-corrected chi connectivity index (χ0v) is 32.2. The Morgan fingerprint density at radius 3 is 2.60 bits per heavy atom. The molecule has 2 aromatic heterocycles. The lowest BCUT2D eigenvalue weighted by atomic mass is 9.82. The lowest BCUT2D eigenvalue weighted by molar-refractivity contribution is -0.146. The molecule has 3 N–H and O–H groups in total. The van der Waals surface area contributed by atoms with Crippen molar-refractivity contribution >= 4 is 42.5 Å². The number of hydrogen-bond donors (Lipinski definition) is 3. The van der Waals surface area contributed by atoms with Gasteiger partial charge in [-0.2, -0.15) is 0 Å². The first-order valence-electron chi connectivity index (χ1n) is 18.8. The van der Waals surface area contributed by atoms with Crippen LogP contribution in [0.15, 0.2) is 116 Å². The molecule has 4 heterocycles. The normalized spacial score (nSPS) is 21.4. The summed E-state index contributed by atoms with van der Waals surface area (Å²) in [5.41, 5.74) is 4.64. The van der Waals surface area contributed by atoms with Gasteiger partial charge in [-0.05, 0) is 60.5 Å². The number of carbonyl (C=O) groups is 2. The molecule has 1 spiro atoms. The number of rotatable bonds is 12. The lowest BCUT2D eigenvalue weighted by Crippen LogP contribution is -2.45. The topological polar surface area (TPSA) is 125 Å². The summed E-state index contributed by atoms with van der Waals surface area (Å²) in [6.45, 7) is 5.91. The molecule has 0 radical (unpaired) electrons. The summed E-state index contributed by atoms with van der Waals surface area (Å²) in [7, 11) is -3.37. The van der Waals surface area contributed by atoms with Crippen molar-refractivity contribution in [1.29, 1.82) is 0 Å². The first-order chi connectivity index (χ1) is 26.6. The maximum Gasteiger partial charge on any atom is 0.264 e. The Balaban J connectivity index is 1.01. The van der Waals surface area contributed by atoms with Gasteiger partial charge in [0.2, 0.25) is 14.3 Å². The number of fused-ring (bicyclic) bond motifs is 3. The number of aryl methyl sites for hydroxylation is 1. The summed E-state index contributed by atoms with van der Waals surface area (Å²) in [4.78, 5) is 33.0. The number of ether oxygens (including phenoxy) is 1. The smallest absolute Gasteiger partial charge is 0.264 e. The Morgan fingerprint density at radius 1 is 1.04 bits per heavy atom. The van der Waals surface area contributed by atoms with Crippen LogP contribution >= 0.6 is 0 Å². The number of halogens is 1. The molecule has 0 aliphatic carbocycles. The van der Waals surface area contributed by atoms with Crippen molar-refractivity contribution in [3.8, 4) is 0 Å². The fraction of sp³-hybridized carbons (Fsp3) is 0.302. The average Bonchev–Trinajstić information content (AvgIpc) is 3.94. The third-order valence-corrected chi connectivity index (χ3v) is 13.8. The van der Waals surface area contributed by atoms with Crippen LogP contribution in [0.3, 0.4) is 0 Å². The van der Waals surface area contributed by atoms with Gasteiger partial charge in [-0.3, -0.25) is 14.3 Å². The van der Waals surface area contributed by atoms with E-state index in [0.29, 0.717) is 24.3 Å². The molecule has 0 saturated carbocycles. The predicted octanol–water partition coefficient (Wildman–Crippen LogP) is 7.48. The number of amides is 2. The molecular weight excluding hydrogens is 712 g/mol. The van der Waals surface area contributed by atoms with Crippen molar-refractivity contribution in [3.63, 3.8) is 0 Å². The molecule has 1 saturated heterocycles. The van der Waals surface area contributed by atoms with Gasteiger partial charge >= 0.3 is 0 Å². The number of nitrogens with one attached hydrogen (secondary N) is 2. The molecule has 282 valence electrons. The second-order valence-corrected chi connectivity index (χ2v) is 19.1. The maximum absolute atomic E-state index is 16.4. The molecule has 8 rings (SSSR count). The number of aromatic nitrogens is 4. The Hall–Kier alpha value is -5.43. The van der Waals surface area contributed by atoms with Crippen LogP contribution in [-0.2, 0) is 39.4 Å². The van der Waals surface area contributed by atoms with Crippen molar-refractivity contribution in [3.05, 3.63) is 143 Å². The number of para-hydroxylation sites is 2. The Bertz CT molecular complexity index is 2340. The Morgan fingerprint density at radius 2 is 1.80 bits per heavy atom. The zero-order valence-electron chi connectivity index (χ0n) is 31.2. The van der Waals surface area contributed by atoms with E-state index < -0.39 is 31.6 Å². The van der Waals surface area contributed by atoms with Crippen molar-refractivity contribution in [1.82, 2.24) is 20.0 Å². The number of carbonyl (C=O) groups excluding carboxylic acids is 2. The van der Waals surface area contributed by atoms with Crippen LogP contribution in [0.25, 0.3) is 10.9 Å². The molecule has 55 heavy (non-hydrogen) atoms. The minimum atomic E-state index is -3.37. The number of benzene rings is 4. The van der Waals surface area contributed by atoms with Gasteiger partial charge in [0.25, 0.3) is 5.91 Å². The molecule has 2 amide bonds. The number of hydrogen-bond acceptors (Lipinski definition) is 6. The highest BCUT2D eigenvalue weighted by Crippen LogP contribution is 2.60. The number of aliphatic hydroxyl groups is 1. The summed E-state index contributed by atoms with van der Waals surface area (Å²) in [6, 6.07) is 32.8. The quantitative estimate of drug-likeness (QED) is 0.0879. The van der Waals surface area contributed by atoms with Crippen molar-refractivity contribution in [2.45, 2.75) is 69.1 Å². The van der Waals surface area contributed by atoms with Crippen molar-refractivity contribution in [2.75, 3.05) is 16.8 Å². The van der Waals surface area contributed by atoms with Crippen LogP contribution in [-0.4, -0.2) is 58.0 Å². The molecule has 2 aliphatic heterocycles. The molecule has 1 fully saturated rings. The molecule has 1 unspecified atom stereocenters. The van der Waals surface area contributed by atoms with Gasteiger partial charge in [-0.25, -0.2) is 0 Å². The average molecular weight is 757 g/mol. The summed E-state index contributed by atoms with van der Waals surface area (Å²) >= 11 is 0. The van der Waals surface area contributed by atoms with E-state index in [1.165, 1.54) is 0 Å². The SMILES string of the molecule is C[C@@H]1[C@@H]([Si](C)(C)F)[C@H](CCn2cc(C(CO)c3ccccc3)nn2)O[C@@]12C(=O)N(Cc1cccc(NC(=O)Cc3c[nH]c4ccccc34)c1)c1ccccc12. The molecule has 12 heteroatoms. The van der Waals surface area contributed by atoms with Crippen LogP contribution in [0.2, 0.25) is 18.6 Å². The Kier molecular flexibility index (Phi) is 9.74. The first-order valence-corrected chi connectivity index (χ1v) is 21.8. The highest BCUT2D eigenvalue weighted by atomic mass is 28.4. The number of H-pyrrole nitrogens is 1. The van der Waals surface area contributed by atoms with E-state index in [9.17, 15) is 14.7 Å². The monoisotopic (exact) mass is 756 g/mol. The van der Waals surface area contributed by atoms with Crippen LogP contribution < -0.4 is 10.2 Å². The minimum Gasteiger partial charge on any atom is -0.395 e. The van der Waals surface area contributed by atoms with Crippen molar-refractivity contribution < 1.29 is 23.5 Å². The second-order valence-electron chi connectivity index (χ2n) is 15.3. The highest BCUT2D eigenvalue weighted by Gasteiger charge is 2.66. The summed E-state index contributed by atoms with van der Waals surface area (Å²) < 4.78 is 25.1. The van der Waals surface area contributed by atoms with Crippen LogP contribution in [0.4, 0.5) is 15.5 Å². The van der Waals surface area contributed by atoms with Gasteiger partial charge in [-0.1, -0.05) is 91.0 Å². The van der Waals surface area contributed by atoms with Gasteiger partial charge in [-0.15, -0.1) is 5.10 Å². The van der Waals surface area contributed by atoms with Gasteiger partial charge in [0.15, 0.2) is 5.60 Å². The van der Waals surface area contributed by atoms with Gasteiger partial charge in [0.05, 0.1) is 43.0 Å². The van der Waals surface area contributed by atoms with Crippen LogP contribution in [0.1, 0.15) is 47.2 Å². The van der Waals surface area contributed by atoms with Gasteiger partial charge in [0.1, 0.15) is 0 Å². The van der Waals surface area contributed by atoms with E-state index >= 15 is 4.11 Å². The summed E-state index contributed by atoms with van der Waals surface area (Å²) in [5, 5.41) is 22.9. The number of anilines is 2. The predicted molar refractivity (Wildman–Crippen MR) is 213 cm³/mol. The van der Waals surface area contributed by atoms with E-state index in [2.05, 4.69) is 20.6 Å². The first kappa shape index (κ1) is 36.5. The molecule has 0 bridgehead atoms. The third kappa shape index (κ3) is 6.79. The lowest BCUT2D eigenvalue weighted by Gasteiger charge is -2.31. The highest BCUT2D eigenvalue weighted by molar-refractivity contribution is 6.72. The molecule has 6 aromatic rings. The summed E-state index contributed by atoms with van der Waals surface area (Å²) in [5.74, 6) is -1.09. The van der Waals surface area contributed by atoms with Crippen LogP contribution in [0.5, 0.6) is 0 Å².